The molecule has 0 radical (unpaired) electrons. The summed E-state index contributed by atoms with van der Waals surface area (Å²) in [7, 11) is 0. The molecule has 4 rings (SSSR count). The van der Waals surface area contributed by atoms with Gasteiger partial charge in [-0.25, -0.2) is 0 Å². The topological polar surface area (TPSA) is 50.4 Å². The van der Waals surface area contributed by atoms with E-state index in [2.05, 4.69) is 10.6 Å². The summed E-state index contributed by atoms with van der Waals surface area (Å²) in [4.78, 5) is 13.0. The van der Waals surface area contributed by atoms with Crippen molar-refractivity contribution in [2.24, 2.45) is 5.92 Å². The fourth-order valence-electron chi connectivity index (χ4n) is 4.76. The van der Waals surface area contributed by atoms with E-state index in [0.717, 1.165) is 37.9 Å². The summed E-state index contributed by atoms with van der Waals surface area (Å²) in [5.74, 6) is 0.441. The average Bonchev–Trinajstić information content (AvgIpc) is 3.58. The highest BCUT2D eigenvalue weighted by atomic mass is 19.4. The van der Waals surface area contributed by atoms with Gasteiger partial charge < -0.3 is 15.4 Å². The minimum absolute atomic E-state index is 0.0517. The first-order valence-corrected chi connectivity index (χ1v) is 11.2. The standard InChI is InChI=1S/C23H31F3N2O2/c24-23(25,26)17-8-9-18(19(12-17)16-6-7-16)22(29)28-21-14-30-11-10-20(21)27-13-15-4-2-1-3-5-15/h8-9,12,15-16,20-21,27H,1-7,10-11,13-14H2,(H,28,29)/t20-,21-/m0/s1. The van der Waals surface area contributed by atoms with Crippen LogP contribution in [0.4, 0.5) is 13.2 Å². The number of carbonyl (C=O) groups is 1. The van der Waals surface area contributed by atoms with Crippen LogP contribution in [-0.2, 0) is 10.9 Å². The van der Waals surface area contributed by atoms with Gasteiger partial charge in [0.1, 0.15) is 0 Å². The number of amides is 1. The van der Waals surface area contributed by atoms with Gasteiger partial charge in [0, 0.05) is 18.2 Å². The van der Waals surface area contributed by atoms with Crippen LogP contribution in [0.15, 0.2) is 18.2 Å². The van der Waals surface area contributed by atoms with Crippen molar-refractivity contribution in [3.8, 4) is 0 Å². The number of nitrogens with one attached hydrogen (secondary N) is 2. The molecule has 2 saturated carbocycles. The lowest BCUT2D eigenvalue weighted by atomic mass is 9.89. The second-order valence-corrected chi connectivity index (χ2v) is 9.04. The van der Waals surface area contributed by atoms with E-state index >= 15 is 0 Å². The van der Waals surface area contributed by atoms with Crippen molar-refractivity contribution in [2.75, 3.05) is 19.8 Å². The molecule has 4 nitrogen and oxygen atoms in total. The highest BCUT2D eigenvalue weighted by Gasteiger charge is 2.36. The third-order valence-corrected chi connectivity index (χ3v) is 6.71. The zero-order chi connectivity index (χ0) is 21.1. The van der Waals surface area contributed by atoms with Crippen LogP contribution in [0.5, 0.6) is 0 Å². The van der Waals surface area contributed by atoms with Gasteiger partial charge in [0.25, 0.3) is 5.91 Å². The lowest BCUT2D eigenvalue weighted by Crippen LogP contribution is -2.56. The van der Waals surface area contributed by atoms with Crippen LogP contribution in [-0.4, -0.2) is 37.7 Å². The molecule has 3 aliphatic rings. The van der Waals surface area contributed by atoms with Crippen molar-refractivity contribution >= 4 is 5.91 Å². The van der Waals surface area contributed by atoms with E-state index in [9.17, 15) is 18.0 Å². The number of benzene rings is 1. The molecule has 1 amide bonds. The number of halogens is 3. The first-order chi connectivity index (χ1) is 14.4. The van der Waals surface area contributed by atoms with E-state index in [4.69, 9.17) is 4.74 Å². The third kappa shape index (κ3) is 5.35. The second kappa shape index (κ2) is 9.27. The quantitative estimate of drug-likeness (QED) is 0.700. The summed E-state index contributed by atoms with van der Waals surface area (Å²) in [5.41, 5.74) is 0.196. The van der Waals surface area contributed by atoms with Crippen molar-refractivity contribution in [1.29, 1.82) is 0 Å². The molecule has 0 spiro atoms. The first-order valence-electron chi connectivity index (χ1n) is 11.2. The molecule has 1 aromatic rings. The van der Waals surface area contributed by atoms with Gasteiger partial charge in [0.15, 0.2) is 0 Å². The van der Waals surface area contributed by atoms with Crippen molar-refractivity contribution in [3.05, 3.63) is 34.9 Å². The molecule has 2 atom stereocenters. The number of hydrogen-bond donors (Lipinski definition) is 2. The number of carbonyl (C=O) groups excluding carboxylic acids is 1. The Balaban J connectivity index is 1.42. The van der Waals surface area contributed by atoms with Gasteiger partial charge in [-0.05, 0) is 74.2 Å². The second-order valence-electron chi connectivity index (χ2n) is 9.04. The molecule has 3 fully saturated rings. The lowest BCUT2D eigenvalue weighted by molar-refractivity contribution is -0.137. The molecular weight excluding hydrogens is 393 g/mol. The summed E-state index contributed by atoms with van der Waals surface area (Å²) in [6.07, 6.45) is 4.50. The summed E-state index contributed by atoms with van der Waals surface area (Å²) in [6.45, 7) is 2.03. The Kier molecular flexibility index (Phi) is 6.68. The van der Waals surface area contributed by atoms with Crippen LogP contribution in [0.1, 0.15) is 78.8 Å². The highest BCUT2D eigenvalue weighted by molar-refractivity contribution is 5.96. The Morgan fingerprint density at radius 1 is 1.03 bits per heavy atom. The maximum absolute atomic E-state index is 13.1. The van der Waals surface area contributed by atoms with Crippen LogP contribution >= 0.6 is 0 Å². The minimum Gasteiger partial charge on any atom is -0.379 e. The molecule has 2 N–H and O–H groups in total. The van der Waals surface area contributed by atoms with Gasteiger partial charge in [-0.3, -0.25) is 4.79 Å². The van der Waals surface area contributed by atoms with Gasteiger partial charge in [-0.15, -0.1) is 0 Å². The van der Waals surface area contributed by atoms with E-state index in [0.29, 0.717) is 30.3 Å². The van der Waals surface area contributed by atoms with Gasteiger partial charge in [0.05, 0.1) is 18.2 Å². The average molecular weight is 425 g/mol. The Morgan fingerprint density at radius 2 is 1.80 bits per heavy atom. The largest absolute Gasteiger partial charge is 0.416 e. The molecule has 1 saturated heterocycles. The normalized spacial score (nSPS) is 25.8. The summed E-state index contributed by atoms with van der Waals surface area (Å²) >= 11 is 0. The van der Waals surface area contributed by atoms with Crippen molar-refractivity contribution in [1.82, 2.24) is 10.6 Å². The molecule has 0 bridgehead atoms. The number of alkyl halides is 3. The van der Waals surface area contributed by atoms with Gasteiger partial charge >= 0.3 is 6.18 Å². The monoisotopic (exact) mass is 424 g/mol. The van der Waals surface area contributed by atoms with E-state index in [1.54, 1.807) is 0 Å². The van der Waals surface area contributed by atoms with Crippen LogP contribution in [0.2, 0.25) is 0 Å². The fraction of sp³-hybridized carbons (Fsp3) is 0.696. The van der Waals surface area contributed by atoms with Gasteiger partial charge in [0.2, 0.25) is 0 Å². The highest BCUT2D eigenvalue weighted by Crippen LogP contribution is 2.43. The van der Waals surface area contributed by atoms with Gasteiger partial charge in [-0.1, -0.05) is 19.3 Å². The SMILES string of the molecule is O=C(N[C@H]1COCC[C@@H]1NCC1CCCCC1)c1ccc(C(F)(F)F)cc1C1CC1. The maximum Gasteiger partial charge on any atom is 0.416 e. The Morgan fingerprint density at radius 3 is 2.50 bits per heavy atom. The fourth-order valence-corrected chi connectivity index (χ4v) is 4.76. The minimum atomic E-state index is -4.40. The molecule has 0 aromatic heterocycles. The summed E-state index contributed by atoms with van der Waals surface area (Å²) in [5, 5.41) is 6.68. The molecule has 1 aromatic carbocycles. The predicted molar refractivity (Wildman–Crippen MR) is 108 cm³/mol. The number of ether oxygens (including phenoxy) is 1. The van der Waals surface area contributed by atoms with Crippen molar-refractivity contribution in [2.45, 2.75) is 75.5 Å². The van der Waals surface area contributed by atoms with Crippen LogP contribution in [0.25, 0.3) is 0 Å². The Hall–Kier alpha value is -1.60. The summed E-state index contributed by atoms with van der Waals surface area (Å²) < 4.78 is 45.0. The van der Waals surface area contributed by atoms with E-state index in [1.165, 1.54) is 38.2 Å². The molecule has 0 unspecified atom stereocenters. The van der Waals surface area contributed by atoms with E-state index < -0.39 is 11.7 Å². The van der Waals surface area contributed by atoms with Crippen LogP contribution in [0.3, 0.4) is 0 Å². The Labute approximate surface area is 175 Å². The number of hydrogen-bond acceptors (Lipinski definition) is 3. The predicted octanol–water partition coefficient (Wildman–Crippen LogP) is 4.64. The zero-order valence-corrected chi connectivity index (χ0v) is 17.3. The third-order valence-electron chi connectivity index (χ3n) is 6.71. The Bertz CT molecular complexity index is 742. The smallest absolute Gasteiger partial charge is 0.379 e. The van der Waals surface area contributed by atoms with Crippen LogP contribution in [0, 0.1) is 5.92 Å². The molecule has 7 heteroatoms. The molecule has 1 heterocycles. The zero-order valence-electron chi connectivity index (χ0n) is 17.3. The van der Waals surface area contributed by atoms with E-state index in [1.807, 2.05) is 0 Å². The van der Waals surface area contributed by atoms with Crippen molar-refractivity contribution < 1.29 is 22.7 Å². The first kappa shape index (κ1) is 21.6. The lowest BCUT2D eigenvalue weighted by Gasteiger charge is -2.34. The molecule has 166 valence electrons. The molecule has 1 aliphatic heterocycles. The summed E-state index contributed by atoms with van der Waals surface area (Å²) in [6, 6.07) is 3.45. The maximum atomic E-state index is 13.1. The molecule has 2 aliphatic carbocycles. The molecular formula is C23H31F3N2O2. The van der Waals surface area contributed by atoms with Crippen molar-refractivity contribution in [3.63, 3.8) is 0 Å². The van der Waals surface area contributed by atoms with Gasteiger partial charge in [-0.2, -0.15) is 13.2 Å². The molecule has 30 heavy (non-hydrogen) atoms. The van der Waals surface area contributed by atoms with E-state index in [-0.39, 0.29) is 23.9 Å². The number of rotatable bonds is 6. The van der Waals surface area contributed by atoms with Crippen LogP contribution < -0.4 is 10.6 Å².